The first kappa shape index (κ1) is 19.3. The number of hydrogen-bond donors (Lipinski definition) is 2. The molecule has 1 fully saturated rings. The molecule has 0 spiro atoms. The Balaban J connectivity index is 1.78. The molecular weight excluding hydrogens is 372 g/mol. The zero-order valence-electron chi connectivity index (χ0n) is 15.1. The summed E-state index contributed by atoms with van der Waals surface area (Å²) < 4.78 is 32.7. The Morgan fingerprint density at radius 2 is 1.96 bits per heavy atom. The van der Waals surface area contributed by atoms with Crippen molar-refractivity contribution in [1.29, 1.82) is 0 Å². The van der Waals surface area contributed by atoms with Crippen LogP contribution in [-0.2, 0) is 15.1 Å². The van der Waals surface area contributed by atoms with Crippen LogP contribution in [0.3, 0.4) is 0 Å². The number of ether oxygens (including phenoxy) is 1. The lowest BCUT2D eigenvalue weighted by atomic mass is 9.91. The third kappa shape index (κ3) is 3.51. The Bertz CT molecular complexity index is 966. The molecule has 2 aromatic rings. The Kier molecular flexibility index (Phi) is 5.00. The molecule has 146 valence electrons. The standard InChI is InChI=1S/C19H17F2N3O4/c1-19(14-8-11(20)6-7-15(14)21)17(26)24(18(27)23-19)10-16(25)22-12-4-3-5-13(9-12)28-2/h3-9H,10H2,1-2H3,(H,22,25)(H,23,27)/t19-/m1/s1. The van der Waals surface area contributed by atoms with Gasteiger partial charge < -0.3 is 15.4 Å². The number of halogens is 2. The van der Waals surface area contributed by atoms with E-state index in [9.17, 15) is 23.2 Å². The molecule has 1 atom stereocenters. The Hall–Kier alpha value is -3.49. The van der Waals surface area contributed by atoms with Gasteiger partial charge in [-0.05, 0) is 37.3 Å². The van der Waals surface area contributed by atoms with Gasteiger partial charge in [-0.15, -0.1) is 0 Å². The molecule has 2 aromatic carbocycles. The topological polar surface area (TPSA) is 87.7 Å². The molecule has 1 heterocycles. The first-order chi connectivity index (χ1) is 13.2. The normalized spacial score (nSPS) is 18.8. The van der Waals surface area contributed by atoms with Crippen molar-refractivity contribution in [2.24, 2.45) is 0 Å². The van der Waals surface area contributed by atoms with E-state index in [1.807, 2.05) is 0 Å². The highest BCUT2D eigenvalue weighted by atomic mass is 19.1. The molecule has 4 amide bonds. The predicted octanol–water partition coefficient (Wildman–Crippen LogP) is 2.38. The summed E-state index contributed by atoms with van der Waals surface area (Å²) in [5.74, 6) is -2.58. The minimum absolute atomic E-state index is 0.318. The second-order valence-corrected chi connectivity index (χ2v) is 6.35. The zero-order valence-corrected chi connectivity index (χ0v) is 15.1. The van der Waals surface area contributed by atoms with Gasteiger partial charge in [0.1, 0.15) is 29.5 Å². The number of anilines is 1. The summed E-state index contributed by atoms with van der Waals surface area (Å²) >= 11 is 0. The van der Waals surface area contributed by atoms with Crippen LogP contribution in [0.25, 0.3) is 0 Å². The van der Waals surface area contributed by atoms with Gasteiger partial charge in [0.15, 0.2) is 0 Å². The third-order valence-electron chi connectivity index (χ3n) is 4.40. The van der Waals surface area contributed by atoms with Gasteiger partial charge in [-0.25, -0.2) is 13.6 Å². The van der Waals surface area contributed by atoms with Crippen molar-refractivity contribution in [1.82, 2.24) is 10.2 Å². The summed E-state index contributed by atoms with van der Waals surface area (Å²) in [6.07, 6.45) is 0. The smallest absolute Gasteiger partial charge is 0.325 e. The Labute approximate surface area is 159 Å². The van der Waals surface area contributed by atoms with E-state index in [1.54, 1.807) is 24.3 Å². The van der Waals surface area contributed by atoms with Gasteiger partial charge in [0.2, 0.25) is 5.91 Å². The number of benzene rings is 2. The van der Waals surface area contributed by atoms with Crippen LogP contribution in [0.4, 0.5) is 19.3 Å². The highest BCUT2D eigenvalue weighted by molar-refractivity contribution is 6.10. The Morgan fingerprint density at radius 3 is 2.68 bits per heavy atom. The number of nitrogens with zero attached hydrogens (tertiary/aromatic N) is 1. The van der Waals surface area contributed by atoms with E-state index in [2.05, 4.69) is 10.6 Å². The van der Waals surface area contributed by atoms with Crippen molar-refractivity contribution in [3.05, 3.63) is 59.7 Å². The van der Waals surface area contributed by atoms with Gasteiger partial charge in [0, 0.05) is 17.3 Å². The zero-order chi connectivity index (χ0) is 20.5. The second-order valence-electron chi connectivity index (χ2n) is 6.35. The molecule has 2 N–H and O–H groups in total. The maximum absolute atomic E-state index is 14.1. The first-order valence-electron chi connectivity index (χ1n) is 8.28. The molecule has 3 rings (SSSR count). The van der Waals surface area contributed by atoms with E-state index in [1.165, 1.54) is 14.0 Å². The monoisotopic (exact) mass is 389 g/mol. The van der Waals surface area contributed by atoms with Crippen LogP contribution in [0.15, 0.2) is 42.5 Å². The van der Waals surface area contributed by atoms with Crippen LogP contribution in [0.1, 0.15) is 12.5 Å². The van der Waals surface area contributed by atoms with E-state index in [0.717, 1.165) is 18.2 Å². The largest absolute Gasteiger partial charge is 0.497 e. The second kappa shape index (κ2) is 7.26. The van der Waals surface area contributed by atoms with E-state index in [0.29, 0.717) is 16.3 Å². The van der Waals surface area contributed by atoms with Crippen LogP contribution < -0.4 is 15.4 Å². The van der Waals surface area contributed by atoms with Crippen LogP contribution in [0.2, 0.25) is 0 Å². The van der Waals surface area contributed by atoms with Gasteiger partial charge in [-0.1, -0.05) is 6.07 Å². The first-order valence-corrected chi connectivity index (χ1v) is 8.28. The van der Waals surface area contributed by atoms with Gasteiger partial charge in [0.05, 0.1) is 7.11 Å². The lowest BCUT2D eigenvalue weighted by Gasteiger charge is -2.22. The average Bonchev–Trinajstić information content (AvgIpc) is 2.87. The summed E-state index contributed by atoms with van der Waals surface area (Å²) in [5, 5.41) is 4.88. The Morgan fingerprint density at radius 1 is 1.21 bits per heavy atom. The number of methoxy groups -OCH3 is 1. The lowest BCUT2D eigenvalue weighted by molar-refractivity contribution is -0.133. The molecule has 0 bridgehead atoms. The van der Waals surface area contributed by atoms with Crippen molar-refractivity contribution in [3.8, 4) is 5.75 Å². The molecule has 9 heteroatoms. The molecular formula is C19H17F2N3O4. The SMILES string of the molecule is COc1cccc(NC(=O)CN2C(=O)N[C@](C)(c3cc(F)ccc3F)C2=O)c1. The number of rotatable bonds is 5. The van der Waals surface area contributed by atoms with Gasteiger partial charge >= 0.3 is 6.03 Å². The minimum Gasteiger partial charge on any atom is -0.497 e. The maximum Gasteiger partial charge on any atom is 0.325 e. The molecule has 0 aliphatic carbocycles. The number of imide groups is 1. The quantitative estimate of drug-likeness (QED) is 0.769. The van der Waals surface area contributed by atoms with Crippen LogP contribution in [0, 0.1) is 11.6 Å². The molecule has 0 saturated carbocycles. The van der Waals surface area contributed by atoms with Crippen LogP contribution in [-0.4, -0.2) is 36.4 Å². The van der Waals surface area contributed by atoms with Crippen molar-refractivity contribution < 1.29 is 27.9 Å². The van der Waals surface area contributed by atoms with Crippen molar-refractivity contribution in [2.75, 3.05) is 19.0 Å². The number of carbonyl (C=O) groups excluding carboxylic acids is 3. The number of carbonyl (C=O) groups is 3. The van der Waals surface area contributed by atoms with E-state index in [4.69, 9.17) is 4.74 Å². The fraction of sp³-hybridized carbons (Fsp3) is 0.211. The predicted molar refractivity (Wildman–Crippen MR) is 95.6 cm³/mol. The summed E-state index contributed by atoms with van der Waals surface area (Å²) in [6.45, 7) is 0.666. The molecule has 1 aliphatic rings. The van der Waals surface area contributed by atoms with Crippen LogP contribution in [0.5, 0.6) is 5.75 Å². The summed E-state index contributed by atoms with van der Waals surface area (Å²) in [4.78, 5) is 37.9. The highest BCUT2D eigenvalue weighted by Gasteiger charge is 2.50. The van der Waals surface area contributed by atoms with E-state index in [-0.39, 0.29) is 5.56 Å². The van der Waals surface area contributed by atoms with E-state index < -0.39 is 41.6 Å². The van der Waals surface area contributed by atoms with Gasteiger partial charge in [-0.2, -0.15) is 0 Å². The molecule has 28 heavy (non-hydrogen) atoms. The molecule has 7 nitrogen and oxygen atoms in total. The van der Waals surface area contributed by atoms with Gasteiger partial charge in [-0.3, -0.25) is 14.5 Å². The maximum atomic E-state index is 14.1. The fourth-order valence-electron chi connectivity index (χ4n) is 2.95. The molecule has 1 saturated heterocycles. The lowest BCUT2D eigenvalue weighted by Crippen LogP contribution is -2.42. The van der Waals surface area contributed by atoms with E-state index >= 15 is 0 Å². The summed E-state index contributed by atoms with van der Waals surface area (Å²) in [5.41, 5.74) is -1.73. The number of amides is 4. The number of urea groups is 1. The summed E-state index contributed by atoms with van der Waals surface area (Å²) in [6, 6.07) is 8.26. The molecule has 0 aromatic heterocycles. The highest BCUT2D eigenvalue weighted by Crippen LogP contribution is 2.31. The molecule has 0 unspecified atom stereocenters. The van der Waals surface area contributed by atoms with Crippen molar-refractivity contribution in [2.45, 2.75) is 12.5 Å². The number of hydrogen-bond acceptors (Lipinski definition) is 4. The van der Waals surface area contributed by atoms with Crippen molar-refractivity contribution in [3.63, 3.8) is 0 Å². The van der Waals surface area contributed by atoms with Crippen LogP contribution >= 0.6 is 0 Å². The summed E-state index contributed by atoms with van der Waals surface area (Å²) in [7, 11) is 1.47. The number of nitrogens with one attached hydrogen (secondary N) is 2. The fourth-order valence-corrected chi connectivity index (χ4v) is 2.95. The minimum atomic E-state index is -1.82. The van der Waals surface area contributed by atoms with Gasteiger partial charge in [0.25, 0.3) is 5.91 Å². The third-order valence-corrected chi connectivity index (χ3v) is 4.40. The molecule has 0 radical (unpaired) electrons. The molecule has 1 aliphatic heterocycles. The van der Waals surface area contributed by atoms with Crippen molar-refractivity contribution >= 4 is 23.5 Å². The average molecular weight is 389 g/mol.